The summed E-state index contributed by atoms with van der Waals surface area (Å²) in [5.74, 6) is 0.748. The lowest BCUT2D eigenvalue weighted by molar-refractivity contribution is 0.304. The van der Waals surface area contributed by atoms with E-state index in [0.29, 0.717) is 34.6 Å². The minimum absolute atomic E-state index is 0.00315. The summed E-state index contributed by atoms with van der Waals surface area (Å²) >= 11 is 0. The van der Waals surface area contributed by atoms with E-state index in [4.69, 9.17) is 9.15 Å². The highest BCUT2D eigenvalue weighted by Gasteiger charge is 2.08. The third-order valence-electron chi connectivity index (χ3n) is 4.44. The Hall–Kier alpha value is -2.33. The maximum Gasteiger partial charge on any atom is 0.200 e. The fraction of sp³-hybridized carbons (Fsp3) is 0.409. The second kappa shape index (κ2) is 8.86. The highest BCUT2D eigenvalue weighted by atomic mass is 16.5. The Morgan fingerprint density at radius 2 is 1.73 bits per heavy atom. The van der Waals surface area contributed by atoms with Crippen molar-refractivity contribution >= 4 is 21.9 Å². The Balaban J connectivity index is 1.55. The third-order valence-corrected chi connectivity index (χ3v) is 4.44. The standard InChI is InChI=1S/C22H27NO3/c1-16(2)23-13-7-3-4-8-14-25-17-11-12-19-21(15-17)26-20-10-6-5-9-18(20)22(19)24/h5-6,9-12,15-16,23H,3-4,7-8,13-14H2,1-2H3. The van der Waals surface area contributed by atoms with Gasteiger partial charge in [-0.25, -0.2) is 0 Å². The van der Waals surface area contributed by atoms with Gasteiger partial charge in [-0.05, 0) is 43.7 Å². The molecule has 0 unspecified atom stereocenters. The van der Waals surface area contributed by atoms with Gasteiger partial charge in [-0.3, -0.25) is 4.79 Å². The van der Waals surface area contributed by atoms with Crippen LogP contribution in [0.1, 0.15) is 39.5 Å². The van der Waals surface area contributed by atoms with Gasteiger partial charge < -0.3 is 14.5 Å². The van der Waals surface area contributed by atoms with Gasteiger partial charge >= 0.3 is 0 Å². The lowest BCUT2D eigenvalue weighted by Crippen LogP contribution is -2.23. The van der Waals surface area contributed by atoms with E-state index in [1.54, 1.807) is 12.1 Å². The molecular formula is C22H27NO3. The predicted molar refractivity (Wildman–Crippen MR) is 107 cm³/mol. The quantitative estimate of drug-likeness (QED) is 0.440. The summed E-state index contributed by atoms with van der Waals surface area (Å²) in [5, 5.41) is 4.63. The van der Waals surface area contributed by atoms with Gasteiger partial charge in [-0.1, -0.05) is 38.8 Å². The molecule has 0 saturated heterocycles. The second-order valence-electron chi connectivity index (χ2n) is 6.96. The van der Waals surface area contributed by atoms with E-state index in [2.05, 4.69) is 19.2 Å². The van der Waals surface area contributed by atoms with E-state index in [0.717, 1.165) is 25.1 Å². The molecule has 1 aromatic heterocycles. The summed E-state index contributed by atoms with van der Waals surface area (Å²) in [5.41, 5.74) is 1.19. The lowest BCUT2D eigenvalue weighted by Gasteiger charge is -2.09. The zero-order valence-electron chi connectivity index (χ0n) is 15.6. The number of unbranched alkanes of at least 4 members (excludes halogenated alkanes) is 3. The van der Waals surface area contributed by atoms with Crippen molar-refractivity contribution in [2.45, 2.75) is 45.6 Å². The average molecular weight is 353 g/mol. The Kier molecular flexibility index (Phi) is 6.29. The number of benzene rings is 2. The van der Waals surface area contributed by atoms with Crippen molar-refractivity contribution < 1.29 is 9.15 Å². The largest absolute Gasteiger partial charge is 0.493 e. The summed E-state index contributed by atoms with van der Waals surface area (Å²) in [6.45, 7) is 6.10. The zero-order valence-corrected chi connectivity index (χ0v) is 15.6. The summed E-state index contributed by atoms with van der Waals surface area (Å²) in [6, 6.07) is 13.3. The predicted octanol–water partition coefficient (Wildman–Crippen LogP) is 4.88. The highest BCUT2D eigenvalue weighted by molar-refractivity contribution is 5.90. The maximum absolute atomic E-state index is 12.5. The van der Waals surface area contributed by atoms with Gasteiger partial charge in [0.05, 0.1) is 17.4 Å². The highest BCUT2D eigenvalue weighted by Crippen LogP contribution is 2.23. The van der Waals surface area contributed by atoms with Crippen molar-refractivity contribution in [1.29, 1.82) is 0 Å². The molecule has 0 saturated carbocycles. The Morgan fingerprint density at radius 3 is 2.58 bits per heavy atom. The number of rotatable bonds is 9. The maximum atomic E-state index is 12.5. The summed E-state index contributed by atoms with van der Waals surface area (Å²) in [7, 11) is 0. The minimum Gasteiger partial charge on any atom is -0.493 e. The molecule has 0 amide bonds. The molecule has 4 heteroatoms. The van der Waals surface area contributed by atoms with E-state index < -0.39 is 0 Å². The van der Waals surface area contributed by atoms with Gasteiger partial charge in [-0.15, -0.1) is 0 Å². The van der Waals surface area contributed by atoms with Gasteiger partial charge in [0.1, 0.15) is 16.9 Å². The number of hydrogen-bond acceptors (Lipinski definition) is 4. The van der Waals surface area contributed by atoms with Crippen molar-refractivity contribution in [3.8, 4) is 5.75 Å². The van der Waals surface area contributed by atoms with Crippen LogP contribution in [-0.2, 0) is 0 Å². The minimum atomic E-state index is 0.00315. The Labute approximate surface area is 154 Å². The number of hydrogen-bond donors (Lipinski definition) is 1. The molecule has 0 aliphatic heterocycles. The molecule has 0 radical (unpaired) electrons. The molecule has 0 atom stereocenters. The molecule has 3 aromatic rings. The van der Waals surface area contributed by atoms with Crippen LogP contribution in [0, 0.1) is 0 Å². The van der Waals surface area contributed by atoms with Crippen molar-refractivity contribution in [3.05, 3.63) is 52.7 Å². The normalized spacial score (nSPS) is 11.5. The first kappa shape index (κ1) is 18.5. The van der Waals surface area contributed by atoms with Gasteiger partial charge in [-0.2, -0.15) is 0 Å². The molecule has 0 bridgehead atoms. The number of ether oxygens (including phenoxy) is 1. The van der Waals surface area contributed by atoms with Crippen molar-refractivity contribution in [3.63, 3.8) is 0 Å². The third kappa shape index (κ3) is 4.64. The molecule has 2 aromatic carbocycles. The number of para-hydroxylation sites is 1. The van der Waals surface area contributed by atoms with E-state index in [9.17, 15) is 4.79 Å². The van der Waals surface area contributed by atoms with Crippen LogP contribution in [0.2, 0.25) is 0 Å². The Bertz CT molecular complexity index is 914. The van der Waals surface area contributed by atoms with Crippen molar-refractivity contribution in [1.82, 2.24) is 5.32 Å². The first-order valence-electron chi connectivity index (χ1n) is 9.47. The van der Waals surface area contributed by atoms with Crippen LogP contribution in [0.25, 0.3) is 21.9 Å². The molecule has 26 heavy (non-hydrogen) atoms. The average Bonchev–Trinajstić information content (AvgIpc) is 2.63. The van der Waals surface area contributed by atoms with E-state index in [1.807, 2.05) is 30.3 Å². The summed E-state index contributed by atoms with van der Waals surface area (Å²) < 4.78 is 11.7. The van der Waals surface area contributed by atoms with Crippen molar-refractivity contribution in [2.24, 2.45) is 0 Å². The van der Waals surface area contributed by atoms with E-state index >= 15 is 0 Å². The molecular weight excluding hydrogens is 326 g/mol. The smallest absolute Gasteiger partial charge is 0.200 e. The van der Waals surface area contributed by atoms with E-state index in [-0.39, 0.29) is 5.43 Å². The monoisotopic (exact) mass is 353 g/mol. The van der Waals surface area contributed by atoms with Crippen LogP contribution in [-0.4, -0.2) is 19.2 Å². The van der Waals surface area contributed by atoms with Crippen LogP contribution in [0.5, 0.6) is 5.75 Å². The van der Waals surface area contributed by atoms with Crippen LogP contribution >= 0.6 is 0 Å². The molecule has 138 valence electrons. The molecule has 1 N–H and O–H groups in total. The molecule has 1 heterocycles. The van der Waals surface area contributed by atoms with Crippen LogP contribution < -0.4 is 15.5 Å². The molecule has 0 fully saturated rings. The van der Waals surface area contributed by atoms with Crippen LogP contribution in [0.4, 0.5) is 0 Å². The van der Waals surface area contributed by atoms with E-state index in [1.165, 1.54) is 12.8 Å². The fourth-order valence-electron chi connectivity index (χ4n) is 3.03. The first-order chi connectivity index (χ1) is 12.6. The van der Waals surface area contributed by atoms with Crippen LogP contribution in [0.3, 0.4) is 0 Å². The number of nitrogens with one attached hydrogen (secondary N) is 1. The lowest BCUT2D eigenvalue weighted by atomic mass is 10.1. The molecule has 4 nitrogen and oxygen atoms in total. The van der Waals surface area contributed by atoms with Gasteiger partial charge in [0.2, 0.25) is 5.43 Å². The summed E-state index contributed by atoms with van der Waals surface area (Å²) in [6.07, 6.45) is 4.60. The van der Waals surface area contributed by atoms with Gasteiger partial charge in [0.15, 0.2) is 0 Å². The van der Waals surface area contributed by atoms with Crippen molar-refractivity contribution in [2.75, 3.05) is 13.2 Å². The Morgan fingerprint density at radius 1 is 0.962 bits per heavy atom. The molecule has 3 rings (SSSR count). The fourth-order valence-corrected chi connectivity index (χ4v) is 3.03. The first-order valence-corrected chi connectivity index (χ1v) is 9.47. The molecule has 0 aliphatic rings. The van der Waals surface area contributed by atoms with Gasteiger partial charge in [0, 0.05) is 12.1 Å². The molecule has 0 aliphatic carbocycles. The SMILES string of the molecule is CC(C)NCCCCCCOc1ccc2c(=O)c3ccccc3oc2c1. The zero-order chi connectivity index (χ0) is 18.4. The van der Waals surface area contributed by atoms with Gasteiger partial charge in [0.25, 0.3) is 0 Å². The van der Waals surface area contributed by atoms with Crippen LogP contribution in [0.15, 0.2) is 51.7 Å². The second-order valence-corrected chi connectivity index (χ2v) is 6.96. The number of fused-ring (bicyclic) bond motifs is 2. The summed E-state index contributed by atoms with van der Waals surface area (Å²) in [4.78, 5) is 12.5. The molecule has 0 spiro atoms. The topological polar surface area (TPSA) is 51.5 Å².